The Hall–Kier alpha value is -3.56. The molecule has 3 rings (SSSR count). The number of anilines is 1. The smallest absolute Gasteiger partial charge is 0.295 e. The number of halogens is 4. The molecule has 30 heavy (non-hydrogen) atoms. The van der Waals surface area contributed by atoms with Gasteiger partial charge in [-0.2, -0.15) is 8.78 Å². The van der Waals surface area contributed by atoms with Crippen LogP contribution in [0.2, 0.25) is 0 Å². The molecule has 10 heteroatoms. The highest BCUT2D eigenvalue weighted by Gasteiger charge is 2.26. The summed E-state index contributed by atoms with van der Waals surface area (Å²) in [6, 6.07) is 8.67. The van der Waals surface area contributed by atoms with E-state index < -0.39 is 46.6 Å². The molecule has 1 amide bonds. The van der Waals surface area contributed by atoms with Crippen molar-refractivity contribution in [1.82, 2.24) is 9.36 Å². The minimum atomic E-state index is -1.77. The van der Waals surface area contributed by atoms with E-state index in [1.54, 1.807) is 44.3 Å². The number of nitrogens with zero attached hydrogens (tertiary/aromatic N) is 2. The Kier molecular flexibility index (Phi) is 5.68. The fraction of sp³-hybridized carbons (Fsp3) is 0.200. The molecule has 158 valence electrons. The molecule has 0 saturated heterocycles. The highest BCUT2D eigenvalue weighted by atomic mass is 19.2. The van der Waals surface area contributed by atoms with Crippen molar-refractivity contribution in [1.29, 1.82) is 0 Å². The van der Waals surface area contributed by atoms with Gasteiger partial charge in [0.25, 0.3) is 11.5 Å². The van der Waals surface area contributed by atoms with Gasteiger partial charge >= 0.3 is 0 Å². The van der Waals surface area contributed by atoms with Gasteiger partial charge in [-0.05, 0) is 26.0 Å². The summed E-state index contributed by atoms with van der Waals surface area (Å²) in [6.45, 7) is 2.70. The summed E-state index contributed by atoms with van der Waals surface area (Å²) in [6.07, 6.45) is -1.57. The molecule has 3 aromatic rings. The lowest BCUT2D eigenvalue weighted by Crippen LogP contribution is -2.33. The maximum atomic E-state index is 13.8. The van der Waals surface area contributed by atoms with Crippen molar-refractivity contribution in [2.75, 3.05) is 5.32 Å². The van der Waals surface area contributed by atoms with Gasteiger partial charge in [-0.25, -0.2) is 13.5 Å². The lowest BCUT2D eigenvalue weighted by atomic mass is 10.2. The van der Waals surface area contributed by atoms with Gasteiger partial charge in [0.15, 0.2) is 23.5 Å². The number of carbonyl (C=O) groups is 1. The van der Waals surface area contributed by atoms with Gasteiger partial charge in [0.05, 0.1) is 11.4 Å². The van der Waals surface area contributed by atoms with Crippen molar-refractivity contribution in [3.8, 4) is 11.4 Å². The summed E-state index contributed by atoms with van der Waals surface area (Å²) in [4.78, 5) is 25.2. The number of carbonyl (C=O) groups excluding carboxylic acids is 1. The minimum Gasteiger partial charge on any atom is -0.475 e. The molecule has 1 unspecified atom stereocenters. The lowest BCUT2D eigenvalue weighted by Gasteiger charge is -2.15. The van der Waals surface area contributed by atoms with Crippen molar-refractivity contribution < 1.29 is 27.1 Å². The summed E-state index contributed by atoms with van der Waals surface area (Å²) in [5.74, 6) is -9.17. The van der Waals surface area contributed by atoms with Crippen LogP contribution >= 0.6 is 0 Å². The topological polar surface area (TPSA) is 65.3 Å². The Morgan fingerprint density at radius 1 is 1.07 bits per heavy atom. The molecule has 0 fully saturated rings. The molecule has 0 saturated carbocycles. The van der Waals surface area contributed by atoms with E-state index in [2.05, 4.69) is 5.32 Å². The quantitative estimate of drug-likeness (QED) is 0.505. The minimum absolute atomic E-state index is 0.0294. The predicted molar refractivity (Wildman–Crippen MR) is 101 cm³/mol. The van der Waals surface area contributed by atoms with Crippen LogP contribution in [0.25, 0.3) is 5.69 Å². The van der Waals surface area contributed by atoms with Crippen LogP contribution in [0.5, 0.6) is 5.75 Å². The first kappa shape index (κ1) is 21.2. The number of ether oxygens (including phenoxy) is 1. The van der Waals surface area contributed by atoms with Crippen LogP contribution in [0.3, 0.4) is 0 Å². The van der Waals surface area contributed by atoms with Crippen molar-refractivity contribution >= 4 is 11.6 Å². The number of para-hydroxylation sites is 1. The fourth-order valence-corrected chi connectivity index (χ4v) is 2.82. The number of benzene rings is 2. The van der Waals surface area contributed by atoms with E-state index >= 15 is 0 Å². The first-order chi connectivity index (χ1) is 14.1. The summed E-state index contributed by atoms with van der Waals surface area (Å²) in [5, 5.41) is 2.35. The predicted octanol–water partition coefficient (Wildman–Crippen LogP) is 3.45. The van der Waals surface area contributed by atoms with Gasteiger partial charge in [0.2, 0.25) is 11.6 Å². The molecular formula is C20H17F4N3O3. The fourth-order valence-electron chi connectivity index (χ4n) is 2.82. The number of amides is 1. The molecule has 0 aliphatic carbocycles. The SMILES string of the molecule is Cc1c(NC(=O)C(C)Oc2c(F)c(F)cc(F)c2F)c(=O)n(-c2ccccc2)n1C. The summed E-state index contributed by atoms with van der Waals surface area (Å²) >= 11 is 0. The third-order valence-electron chi connectivity index (χ3n) is 4.54. The highest BCUT2D eigenvalue weighted by Crippen LogP contribution is 2.27. The molecular weight excluding hydrogens is 406 g/mol. The van der Waals surface area contributed by atoms with Crippen LogP contribution in [0.1, 0.15) is 12.6 Å². The van der Waals surface area contributed by atoms with E-state index in [1.807, 2.05) is 0 Å². The molecule has 0 bridgehead atoms. The second-order valence-corrected chi connectivity index (χ2v) is 6.48. The monoisotopic (exact) mass is 423 g/mol. The Bertz CT molecular complexity index is 1150. The van der Waals surface area contributed by atoms with Gasteiger partial charge in [0.1, 0.15) is 5.69 Å². The summed E-state index contributed by atoms with van der Waals surface area (Å²) < 4.78 is 61.8. The molecule has 1 aromatic heterocycles. The molecule has 0 aliphatic rings. The Balaban J connectivity index is 1.88. The van der Waals surface area contributed by atoms with Crippen LogP contribution < -0.4 is 15.6 Å². The normalized spacial score (nSPS) is 12.0. The van der Waals surface area contributed by atoms with Gasteiger partial charge in [0, 0.05) is 13.1 Å². The molecule has 0 spiro atoms. The van der Waals surface area contributed by atoms with E-state index in [9.17, 15) is 27.2 Å². The van der Waals surface area contributed by atoms with Crippen LogP contribution in [0.15, 0.2) is 41.2 Å². The Morgan fingerprint density at radius 3 is 2.20 bits per heavy atom. The van der Waals surface area contributed by atoms with E-state index in [1.165, 1.54) is 9.36 Å². The lowest BCUT2D eigenvalue weighted by molar-refractivity contribution is -0.122. The van der Waals surface area contributed by atoms with Gasteiger partial charge < -0.3 is 10.1 Å². The third-order valence-corrected chi connectivity index (χ3v) is 4.54. The van der Waals surface area contributed by atoms with E-state index in [0.29, 0.717) is 11.4 Å². The molecule has 0 radical (unpaired) electrons. The first-order valence-corrected chi connectivity index (χ1v) is 8.78. The van der Waals surface area contributed by atoms with Gasteiger partial charge in [-0.3, -0.25) is 14.3 Å². The zero-order valence-corrected chi connectivity index (χ0v) is 16.2. The highest BCUT2D eigenvalue weighted by molar-refractivity contribution is 5.94. The maximum Gasteiger partial charge on any atom is 0.295 e. The standard InChI is InChI=1S/C20H17F4N3O3/c1-10-17(20(29)27(26(10)3)12-7-5-4-6-8-12)25-19(28)11(2)30-18-15(23)13(21)9-14(22)16(18)24/h4-9,11H,1-3H3,(H,25,28). The number of hydrogen-bond acceptors (Lipinski definition) is 3. The average molecular weight is 423 g/mol. The Morgan fingerprint density at radius 2 is 1.63 bits per heavy atom. The first-order valence-electron chi connectivity index (χ1n) is 8.78. The van der Waals surface area contributed by atoms with Gasteiger partial charge in [-0.15, -0.1) is 0 Å². The van der Waals surface area contributed by atoms with E-state index in [4.69, 9.17) is 4.74 Å². The number of hydrogen-bond donors (Lipinski definition) is 1. The largest absolute Gasteiger partial charge is 0.475 e. The van der Waals surface area contributed by atoms with Crippen molar-refractivity contribution in [3.05, 3.63) is 75.7 Å². The second-order valence-electron chi connectivity index (χ2n) is 6.48. The van der Waals surface area contributed by atoms with Gasteiger partial charge in [-0.1, -0.05) is 18.2 Å². The summed E-state index contributed by atoms with van der Waals surface area (Å²) in [7, 11) is 1.61. The molecule has 1 atom stereocenters. The maximum absolute atomic E-state index is 13.8. The Labute approximate surface area is 168 Å². The van der Waals surface area contributed by atoms with Crippen LogP contribution in [-0.4, -0.2) is 21.4 Å². The van der Waals surface area contributed by atoms with Crippen molar-refractivity contribution in [2.45, 2.75) is 20.0 Å². The third kappa shape index (κ3) is 3.68. The summed E-state index contributed by atoms with van der Waals surface area (Å²) in [5.41, 5.74) is 0.333. The number of aromatic nitrogens is 2. The van der Waals surface area contributed by atoms with E-state index in [0.717, 1.165) is 6.92 Å². The number of rotatable bonds is 5. The number of nitrogens with one attached hydrogen (secondary N) is 1. The average Bonchev–Trinajstić information content (AvgIpc) is 2.93. The molecule has 0 aliphatic heterocycles. The van der Waals surface area contributed by atoms with Crippen molar-refractivity contribution in [3.63, 3.8) is 0 Å². The van der Waals surface area contributed by atoms with E-state index in [-0.39, 0.29) is 11.8 Å². The van der Waals surface area contributed by atoms with Crippen molar-refractivity contribution in [2.24, 2.45) is 7.05 Å². The molecule has 2 aromatic carbocycles. The van der Waals surface area contributed by atoms with Crippen LogP contribution in [0.4, 0.5) is 23.2 Å². The molecule has 1 heterocycles. The zero-order chi connectivity index (χ0) is 22.2. The molecule has 1 N–H and O–H groups in total. The van der Waals surface area contributed by atoms with Crippen LogP contribution in [-0.2, 0) is 11.8 Å². The second kappa shape index (κ2) is 8.05. The van der Waals surface area contributed by atoms with Crippen LogP contribution in [0, 0.1) is 30.2 Å². The zero-order valence-electron chi connectivity index (χ0n) is 16.2. The molecule has 6 nitrogen and oxygen atoms in total.